The summed E-state index contributed by atoms with van der Waals surface area (Å²) in [4.78, 5) is 41.8. The molecule has 0 aliphatic carbocycles. The number of carbonyl (C=O) groups is 3. The van der Waals surface area contributed by atoms with E-state index in [2.05, 4.69) is 17.2 Å². The van der Waals surface area contributed by atoms with Gasteiger partial charge in [0.25, 0.3) is 11.8 Å². The number of hydrogen-bond donors (Lipinski definition) is 4. The Morgan fingerprint density at radius 3 is 2.38 bits per heavy atom. The van der Waals surface area contributed by atoms with Crippen LogP contribution in [0.5, 0.6) is 5.75 Å². The first-order chi connectivity index (χ1) is 18.2. The molecule has 2 aromatic rings. The number of carbonyl (C=O) groups excluding carboxylic acids is 3. The molecule has 1 fully saturated rings. The van der Waals surface area contributed by atoms with E-state index in [4.69, 9.17) is 0 Å². The lowest BCUT2D eigenvalue weighted by molar-refractivity contribution is -0.148. The van der Waals surface area contributed by atoms with Gasteiger partial charge in [-0.3, -0.25) is 14.4 Å². The van der Waals surface area contributed by atoms with Crippen molar-refractivity contribution in [3.05, 3.63) is 76.9 Å². The Morgan fingerprint density at radius 1 is 1.13 bits per heavy atom. The van der Waals surface area contributed by atoms with Gasteiger partial charge in [0.2, 0.25) is 5.91 Å². The summed E-state index contributed by atoms with van der Waals surface area (Å²) in [5.74, 6) is -1.26. The number of aliphatic hydroxyl groups excluding tert-OH is 1. The Labute approximate surface area is 231 Å². The highest BCUT2D eigenvalue weighted by atomic mass is 16.3. The maximum Gasteiger partial charge on any atom is 0.254 e. The smallest absolute Gasteiger partial charge is 0.254 e. The zero-order chi connectivity index (χ0) is 29.1. The fourth-order valence-corrected chi connectivity index (χ4v) is 4.93. The highest BCUT2D eigenvalue weighted by Crippen LogP contribution is 2.40. The lowest BCUT2D eigenvalue weighted by Gasteiger charge is -2.34. The molecule has 2 aromatic carbocycles. The van der Waals surface area contributed by atoms with Gasteiger partial charge in [-0.25, -0.2) is 0 Å². The van der Waals surface area contributed by atoms with Gasteiger partial charge in [-0.15, -0.1) is 0 Å². The molecule has 0 spiro atoms. The summed E-state index contributed by atoms with van der Waals surface area (Å²) in [5, 5.41) is 27.4. The Kier molecular flexibility index (Phi) is 9.22. The van der Waals surface area contributed by atoms with Crippen LogP contribution in [-0.4, -0.2) is 64.1 Å². The van der Waals surface area contributed by atoms with E-state index in [0.717, 1.165) is 5.56 Å². The predicted molar refractivity (Wildman–Crippen MR) is 151 cm³/mol. The summed E-state index contributed by atoms with van der Waals surface area (Å²) in [7, 11) is 0. The summed E-state index contributed by atoms with van der Waals surface area (Å²) in [6, 6.07) is 10.6. The van der Waals surface area contributed by atoms with Gasteiger partial charge in [0.15, 0.2) is 6.10 Å². The number of aromatic hydroxyl groups is 1. The molecular weight excluding hydrogens is 494 g/mol. The van der Waals surface area contributed by atoms with Gasteiger partial charge in [0.1, 0.15) is 11.8 Å². The van der Waals surface area contributed by atoms with Crippen LogP contribution in [0.25, 0.3) is 0 Å². The molecule has 3 rings (SSSR count). The number of hydrogen-bond acceptors (Lipinski definition) is 5. The van der Waals surface area contributed by atoms with Gasteiger partial charge >= 0.3 is 0 Å². The molecule has 8 heteroatoms. The molecule has 1 saturated heterocycles. The van der Waals surface area contributed by atoms with E-state index >= 15 is 0 Å². The highest BCUT2D eigenvalue weighted by Gasteiger charge is 2.51. The molecule has 39 heavy (non-hydrogen) atoms. The van der Waals surface area contributed by atoms with Crippen LogP contribution in [0.3, 0.4) is 0 Å². The fourth-order valence-electron chi connectivity index (χ4n) is 4.93. The van der Waals surface area contributed by atoms with E-state index in [1.807, 2.05) is 58.0 Å². The second-order valence-electron chi connectivity index (χ2n) is 11.5. The van der Waals surface area contributed by atoms with Crippen molar-refractivity contribution in [1.29, 1.82) is 0 Å². The minimum Gasteiger partial charge on any atom is -0.508 e. The van der Waals surface area contributed by atoms with Crippen LogP contribution in [0.2, 0.25) is 0 Å². The number of rotatable bonds is 9. The van der Waals surface area contributed by atoms with Gasteiger partial charge in [-0.2, -0.15) is 0 Å². The molecule has 3 amide bonds. The summed E-state index contributed by atoms with van der Waals surface area (Å²) < 4.78 is 0. The molecule has 4 N–H and O–H groups in total. The number of amides is 3. The molecule has 1 heterocycles. The molecule has 0 bridgehead atoms. The highest BCUT2D eigenvalue weighted by molar-refractivity contribution is 5.97. The molecule has 3 atom stereocenters. The number of nitrogens with zero attached hydrogens (tertiary/aromatic N) is 1. The standard InChI is InChI=1S/C31H41N3O5/c1-18(2)16-32-29(38)27-31(6,7)20(4)17-34(27)30(39)26(36)24(15-22-11-9-8-10-12-22)33-28(37)23-13-19(3)14-25(35)21(23)5/h8-14,18,24,26-27,35-36H,4,15-17H2,1-3,5-7H3,(H,32,38)(H,33,37)/t24-,26-,27?/m0/s1. The van der Waals surface area contributed by atoms with Crippen molar-refractivity contribution < 1.29 is 24.6 Å². The first-order valence-electron chi connectivity index (χ1n) is 13.3. The number of aliphatic hydroxyl groups is 1. The Hall–Kier alpha value is -3.65. The Balaban J connectivity index is 1.93. The van der Waals surface area contributed by atoms with Gasteiger partial charge in [-0.05, 0) is 55.0 Å². The van der Waals surface area contributed by atoms with Crippen molar-refractivity contribution in [3.8, 4) is 5.75 Å². The molecule has 8 nitrogen and oxygen atoms in total. The first-order valence-corrected chi connectivity index (χ1v) is 13.3. The molecule has 0 radical (unpaired) electrons. The minimum absolute atomic E-state index is 0.00977. The van der Waals surface area contributed by atoms with Crippen LogP contribution >= 0.6 is 0 Å². The number of phenolic OH excluding ortho intramolecular Hbond substituents is 1. The van der Waals surface area contributed by atoms with E-state index in [-0.39, 0.29) is 36.1 Å². The van der Waals surface area contributed by atoms with Crippen molar-refractivity contribution in [2.45, 2.75) is 66.2 Å². The third-order valence-corrected chi connectivity index (χ3v) is 7.50. The summed E-state index contributed by atoms with van der Waals surface area (Å²) in [5.41, 5.74) is 2.18. The zero-order valence-electron chi connectivity index (χ0n) is 23.7. The Morgan fingerprint density at radius 2 is 1.77 bits per heavy atom. The van der Waals surface area contributed by atoms with Gasteiger partial charge < -0.3 is 25.7 Å². The zero-order valence-corrected chi connectivity index (χ0v) is 23.7. The van der Waals surface area contributed by atoms with Crippen LogP contribution in [0.1, 0.15) is 54.7 Å². The van der Waals surface area contributed by atoms with Gasteiger partial charge in [-0.1, -0.05) is 64.6 Å². The first kappa shape index (κ1) is 29.9. The van der Waals surface area contributed by atoms with Crippen molar-refractivity contribution in [1.82, 2.24) is 15.5 Å². The number of likely N-dealkylation sites (tertiary alicyclic amines) is 1. The van der Waals surface area contributed by atoms with Crippen LogP contribution in [0.15, 0.2) is 54.6 Å². The maximum atomic E-state index is 13.8. The van der Waals surface area contributed by atoms with E-state index < -0.39 is 35.4 Å². The quantitative estimate of drug-likeness (QED) is 0.368. The molecule has 1 unspecified atom stereocenters. The normalized spacial score (nSPS) is 18.1. The minimum atomic E-state index is -1.63. The van der Waals surface area contributed by atoms with Gasteiger partial charge in [0.05, 0.1) is 6.04 Å². The molecular formula is C31H41N3O5. The molecule has 1 aliphatic rings. The molecule has 0 aromatic heterocycles. The summed E-state index contributed by atoms with van der Waals surface area (Å²) in [6.07, 6.45) is -1.45. The van der Waals surface area contributed by atoms with Crippen LogP contribution in [0.4, 0.5) is 0 Å². The molecule has 1 aliphatic heterocycles. The summed E-state index contributed by atoms with van der Waals surface area (Å²) >= 11 is 0. The lowest BCUT2D eigenvalue weighted by Crippen LogP contribution is -2.57. The van der Waals surface area contributed by atoms with E-state index in [9.17, 15) is 24.6 Å². The number of benzene rings is 2. The fraction of sp³-hybridized carbons (Fsp3) is 0.452. The van der Waals surface area contributed by atoms with Crippen molar-refractivity contribution in [3.63, 3.8) is 0 Å². The van der Waals surface area contributed by atoms with Crippen molar-refractivity contribution in [2.24, 2.45) is 11.3 Å². The number of aryl methyl sites for hydroxylation is 1. The third kappa shape index (κ3) is 6.68. The Bertz CT molecular complexity index is 1240. The van der Waals surface area contributed by atoms with Crippen LogP contribution in [0, 0.1) is 25.2 Å². The lowest BCUT2D eigenvalue weighted by atomic mass is 9.81. The second kappa shape index (κ2) is 12.0. The second-order valence-corrected chi connectivity index (χ2v) is 11.5. The SMILES string of the molecule is C=C1CN(C(=O)[C@@H](O)[C@H](Cc2ccccc2)NC(=O)c2cc(C)cc(O)c2C)C(C(=O)NCC(C)C)C1(C)C. The predicted octanol–water partition coefficient (Wildman–Crippen LogP) is 3.28. The molecule has 0 saturated carbocycles. The molecule has 210 valence electrons. The number of nitrogens with one attached hydrogen (secondary N) is 2. The van der Waals surface area contributed by atoms with Crippen molar-refractivity contribution in [2.75, 3.05) is 13.1 Å². The monoisotopic (exact) mass is 535 g/mol. The average Bonchev–Trinajstić information content (AvgIpc) is 3.12. The van der Waals surface area contributed by atoms with Crippen LogP contribution < -0.4 is 10.6 Å². The summed E-state index contributed by atoms with van der Waals surface area (Å²) in [6.45, 7) is 15.8. The third-order valence-electron chi connectivity index (χ3n) is 7.50. The van der Waals surface area contributed by atoms with Gasteiger partial charge in [0, 0.05) is 29.6 Å². The van der Waals surface area contributed by atoms with E-state index in [1.165, 1.54) is 4.90 Å². The van der Waals surface area contributed by atoms with Crippen LogP contribution in [-0.2, 0) is 16.0 Å². The van der Waals surface area contributed by atoms with Crippen molar-refractivity contribution >= 4 is 17.7 Å². The van der Waals surface area contributed by atoms with E-state index in [1.54, 1.807) is 26.0 Å². The topological polar surface area (TPSA) is 119 Å². The van der Waals surface area contributed by atoms with E-state index in [0.29, 0.717) is 23.2 Å². The number of phenols is 1. The maximum absolute atomic E-state index is 13.8. The largest absolute Gasteiger partial charge is 0.508 e. The average molecular weight is 536 g/mol.